The number of hydrogen-bond acceptors (Lipinski definition) is 1. The highest BCUT2D eigenvalue weighted by atomic mass is 15.0. The Morgan fingerprint density at radius 3 is 1.46 bits per heavy atom. The molecule has 0 saturated heterocycles. The molecule has 13 rings (SSSR count). The average Bonchev–Trinajstić information content (AvgIpc) is 4.05. The first-order valence-corrected chi connectivity index (χ1v) is 25.1. The van der Waals surface area contributed by atoms with Gasteiger partial charge in [0.2, 0.25) is 0 Å². The van der Waals surface area contributed by atoms with Crippen LogP contribution < -0.4 is 0 Å². The summed E-state index contributed by atoms with van der Waals surface area (Å²) < 4.78 is 4.80. The molecule has 0 bridgehead atoms. The first-order valence-electron chi connectivity index (χ1n) is 25.1. The molecule has 0 radical (unpaired) electrons. The van der Waals surface area contributed by atoms with Crippen LogP contribution in [-0.2, 0) is 0 Å². The Balaban J connectivity index is 0.00000128. The number of nitrogens with zero attached hydrogens (tertiary/aromatic N) is 3. The zero-order valence-corrected chi connectivity index (χ0v) is 41.3. The minimum Gasteiger partial charge on any atom is -0.309 e. The highest BCUT2D eigenvalue weighted by Crippen LogP contribution is 2.52. The van der Waals surface area contributed by atoms with E-state index >= 15 is 0 Å². The quantitative estimate of drug-likeness (QED) is 0.107. The molecule has 346 valence electrons. The smallest absolute Gasteiger partial charge is 0.0630 e. The van der Waals surface area contributed by atoms with Crippen LogP contribution >= 0.6 is 0 Å². The van der Waals surface area contributed by atoms with Gasteiger partial charge in [-0.2, -0.15) is 0 Å². The zero-order valence-electron chi connectivity index (χ0n) is 41.3. The van der Waals surface area contributed by atoms with Crippen LogP contribution in [0, 0.1) is 5.41 Å². The lowest BCUT2D eigenvalue weighted by Crippen LogP contribution is -2.21. The Kier molecular flexibility index (Phi) is 11.2. The molecular weight excluding hydrogens is 871 g/mol. The van der Waals surface area contributed by atoms with Crippen molar-refractivity contribution in [2.45, 2.75) is 34.1 Å². The van der Waals surface area contributed by atoms with Crippen molar-refractivity contribution in [2.75, 3.05) is 0 Å². The Morgan fingerprint density at radius 2 is 0.986 bits per heavy atom. The van der Waals surface area contributed by atoms with Crippen LogP contribution in [0.15, 0.2) is 270 Å². The summed E-state index contributed by atoms with van der Waals surface area (Å²) >= 11 is 0. The van der Waals surface area contributed by atoms with Crippen molar-refractivity contribution < 1.29 is 0 Å². The molecule has 72 heavy (non-hydrogen) atoms. The van der Waals surface area contributed by atoms with Crippen LogP contribution in [-0.4, -0.2) is 15.3 Å². The average molecular weight is 926 g/mol. The molecule has 3 heteroatoms. The Bertz CT molecular complexity index is 4010. The number of aromatic nitrogens is 2. The fraction of sp³-hybridized carbons (Fsp3) is 0.0870. The monoisotopic (exact) mass is 925 g/mol. The fourth-order valence-corrected chi connectivity index (χ4v) is 11.2. The van der Waals surface area contributed by atoms with E-state index in [-0.39, 0.29) is 5.41 Å². The van der Waals surface area contributed by atoms with Gasteiger partial charge in [-0.05, 0) is 161 Å². The van der Waals surface area contributed by atoms with Crippen LogP contribution in [0.2, 0.25) is 0 Å². The molecule has 3 aliphatic rings. The first kappa shape index (κ1) is 44.4. The Morgan fingerprint density at radius 1 is 0.542 bits per heavy atom. The summed E-state index contributed by atoms with van der Waals surface area (Å²) in [5, 5.41) is 4.89. The maximum absolute atomic E-state index is 4.99. The minimum atomic E-state index is 0.0306. The summed E-state index contributed by atoms with van der Waals surface area (Å²) in [5.74, 6) is 0. The van der Waals surface area contributed by atoms with Crippen molar-refractivity contribution in [1.29, 1.82) is 0 Å². The van der Waals surface area contributed by atoms with Crippen LogP contribution in [0.4, 0.5) is 0 Å². The summed E-state index contributed by atoms with van der Waals surface area (Å²) in [4.78, 5) is 4.99. The summed E-state index contributed by atoms with van der Waals surface area (Å²) in [5.41, 5.74) is 22.4. The van der Waals surface area contributed by atoms with E-state index in [1.165, 1.54) is 93.8 Å². The van der Waals surface area contributed by atoms with E-state index in [1.54, 1.807) is 0 Å². The zero-order chi connectivity index (χ0) is 48.9. The van der Waals surface area contributed by atoms with Crippen LogP contribution in [0.3, 0.4) is 0 Å². The lowest BCUT2D eigenvalue weighted by molar-refractivity contribution is 0.519. The third-order valence-electron chi connectivity index (χ3n) is 15.0. The molecule has 2 aromatic heterocycles. The molecule has 3 aliphatic carbocycles. The predicted octanol–water partition coefficient (Wildman–Crippen LogP) is 18.6. The molecule has 0 saturated carbocycles. The molecule has 10 aromatic rings. The Labute approximate surface area is 422 Å². The Hall–Kier alpha value is -8.79. The summed E-state index contributed by atoms with van der Waals surface area (Å²) in [6, 6.07) is 68.5. The molecule has 1 unspecified atom stereocenters. The van der Waals surface area contributed by atoms with Gasteiger partial charge in [-0.15, -0.1) is 0 Å². The van der Waals surface area contributed by atoms with Gasteiger partial charge in [0, 0.05) is 50.1 Å². The fourth-order valence-electron chi connectivity index (χ4n) is 11.2. The van der Waals surface area contributed by atoms with Crippen molar-refractivity contribution in [3.8, 4) is 44.8 Å². The lowest BCUT2D eigenvalue weighted by Gasteiger charge is -2.33. The van der Waals surface area contributed by atoms with Crippen molar-refractivity contribution >= 4 is 55.5 Å². The van der Waals surface area contributed by atoms with Crippen molar-refractivity contribution in [3.63, 3.8) is 0 Å². The standard InChI is InChI=1S/C65H47N3.C4H8/c1-42-53-21-13-35-65(3)36-14-22-54(64(53)65)59(42)41-66-43(2)44-23-29-52(30-24-44)68-62-32-26-48(46-17-9-5-10-18-46)38-56(62)58-40-50(28-34-63(58)68)49-27-33-61-57(39-49)55-37-47(45-15-7-4-8-16-45)25-31-60(55)67(61)51-19-11-6-12-20-51;1-3-4-2/h4-34,36-41H,2,35H2,1,3H3;3-4H,1-2H3/b;4-3-. The number of benzene rings is 8. The van der Waals surface area contributed by atoms with Gasteiger partial charge in [-0.25, -0.2) is 0 Å². The van der Waals surface area contributed by atoms with Gasteiger partial charge in [0.25, 0.3) is 0 Å². The molecule has 8 aromatic carbocycles. The van der Waals surface area contributed by atoms with Crippen molar-refractivity contribution in [1.82, 2.24) is 9.13 Å². The molecule has 1 atom stereocenters. The maximum Gasteiger partial charge on any atom is 0.0630 e. The van der Waals surface area contributed by atoms with Crippen LogP contribution in [0.5, 0.6) is 0 Å². The molecule has 0 aliphatic heterocycles. The van der Waals surface area contributed by atoms with Crippen molar-refractivity contribution in [3.05, 3.63) is 271 Å². The van der Waals surface area contributed by atoms with Crippen LogP contribution in [0.25, 0.3) is 94.1 Å². The lowest BCUT2D eigenvalue weighted by atomic mass is 9.70. The molecule has 3 nitrogen and oxygen atoms in total. The van der Waals surface area contributed by atoms with E-state index < -0.39 is 0 Å². The van der Waals surface area contributed by atoms with Gasteiger partial charge >= 0.3 is 0 Å². The van der Waals surface area contributed by atoms with Crippen LogP contribution in [0.1, 0.15) is 39.7 Å². The maximum atomic E-state index is 4.99. The molecular formula is C69H55N3. The van der Waals surface area contributed by atoms with Gasteiger partial charge in [0.05, 0.1) is 27.8 Å². The third kappa shape index (κ3) is 7.57. The molecule has 0 N–H and O–H groups in total. The minimum absolute atomic E-state index is 0.0306. The third-order valence-corrected chi connectivity index (χ3v) is 15.0. The summed E-state index contributed by atoms with van der Waals surface area (Å²) in [6.45, 7) is 13.0. The number of fused-ring (bicyclic) bond motifs is 6. The number of para-hydroxylation sites is 1. The number of aliphatic imine (C=N–C) groups is 1. The second-order valence-electron chi connectivity index (χ2n) is 19.4. The van der Waals surface area contributed by atoms with E-state index in [1.807, 2.05) is 32.2 Å². The number of rotatable bonds is 8. The SMILES string of the molecule is C/C=C\C.C=C(N=CC1=C(C)C2=C3C1=CC=CC3(C)CC=C2)c1ccc(-n2c3ccc(-c4ccccc4)cc3c3cc(-c4ccc5c(c4)c4cc(-c6ccccc6)ccc4n5-c4ccccc4)ccc32)cc1. The van der Waals surface area contributed by atoms with Gasteiger partial charge < -0.3 is 9.13 Å². The summed E-state index contributed by atoms with van der Waals surface area (Å²) in [7, 11) is 0. The second kappa shape index (κ2) is 18.2. The first-order chi connectivity index (χ1) is 35.3. The van der Waals surface area contributed by atoms with Gasteiger partial charge in [-0.1, -0.05) is 171 Å². The largest absolute Gasteiger partial charge is 0.309 e. The normalized spacial score (nSPS) is 16.1. The topological polar surface area (TPSA) is 22.2 Å². The van der Waals surface area contributed by atoms with E-state index in [0.717, 1.165) is 40.1 Å². The van der Waals surface area contributed by atoms with E-state index in [0.29, 0.717) is 0 Å². The molecule has 0 amide bonds. The molecule has 2 heterocycles. The van der Waals surface area contributed by atoms with Crippen molar-refractivity contribution in [2.24, 2.45) is 10.4 Å². The molecule has 0 fully saturated rings. The van der Waals surface area contributed by atoms with E-state index in [9.17, 15) is 0 Å². The highest BCUT2D eigenvalue weighted by molar-refractivity contribution is 6.14. The highest BCUT2D eigenvalue weighted by Gasteiger charge is 2.39. The molecule has 0 spiro atoms. The number of allylic oxidation sites excluding steroid dienone is 12. The number of hydrogen-bond donors (Lipinski definition) is 0. The second-order valence-corrected chi connectivity index (χ2v) is 19.4. The van der Waals surface area contributed by atoms with E-state index in [2.05, 4.69) is 248 Å². The predicted molar refractivity (Wildman–Crippen MR) is 308 cm³/mol. The van der Waals surface area contributed by atoms with Gasteiger partial charge in [-0.3, -0.25) is 4.99 Å². The van der Waals surface area contributed by atoms with Gasteiger partial charge in [0.1, 0.15) is 0 Å². The van der Waals surface area contributed by atoms with Gasteiger partial charge in [0.15, 0.2) is 0 Å². The summed E-state index contributed by atoms with van der Waals surface area (Å²) in [6.07, 6.45) is 18.4. The van der Waals surface area contributed by atoms with E-state index in [4.69, 9.17) is 4.99 Å².